The third kappa shape index (κ3) is 2.64. The molecule has 0 bridgehead atoms. The van der Waals surface area contributed by atoms with Crippen LogP contribution in [0.1, 0.15) is 13.3 Å². The summed E-state index contributed by atoms with van der Waals surface area (Å²) < 4.78 is 23.5. The van der Waals surface area contributed by atoms with E-state index in [1.165, 1.54) is 6.26 Å². The van der Waals surface area contributed by atoms with Crippen LogP contribution in [0.15, 0.2) is 23.2 Å². The first-order chi connectivity index (χ1) is 8.39. The molecule has 1 saturated heterocycles. The molecule has 0 aliphatic carbocycles. The predicted molar refractivity (Wildman–Crippen MR) is 71.3 cm³/mol. The number of pyridine rings is 1. The highest BCUT2D eigenvalue weighted by Gasteiger charge is 2.27. The molecule has 1 aromatic heterocycles. The lowest BCUT2D eigenvalue weighted by Gasteiger charge is -2.36. The minimum Gasteiger partial charge on any atom is -0.355 e. The molecule has 0 radical (unpaired) electrons. The van der Waals surface area contributed by atoms with Crippen molar-refractivity contribution in [2.75, 3.05) is 24.2 Å². The van der Waals surface area contributed by atoms with Gasteiger partial charge in [-0.1, -0.05) is 6.92 Å². The second kappa shape index (κ2) is 4.85. The van der Waals surface area contributed by atoms with Gasteiger partial charge in [-0.3, -0.25) is 0 Å². The maximum absolute atomic E-state index is 11.8. The number of rotatable bonds is 2. The molecule has 0 spiro atoms. The molecule has 18 heavy (non-hydrogen) atoms. The Hall–Kier alpha value is -1.14. The predicted octanol–water partition coefficient (Wildman–Crippen LogP) is 0.659. The van der Waals surface area contributed by atoms with E-state index in [-0.39, 0.29) is 6.04 Å². The number of hydrogen-bond acceptors (Lipinski definition) is 5. The van der Waals surface area contributed by atoms with Crippen LogP contribution in [-0.4, -0.2) is 38.8 Å². The van der Waals surface area contributed by atoms with Crippen molar-refractivity contribution in [2.45, 2.75) is 24.3 Å². The number of anilines is 1. The standard InChI is InChI=1S/C12H19N3O2S/c1-9-8-15(7-5-10(9)13)12-11(18(2,16)17)4-3-6-14-12/h3-4,6,9-10H,5,7-8,13H2,1-2H3. The first-order valence-corrected chi connectivity index (χ1v) is 7.94. The molecule has 2 rings (SSSR count). The van der Waals surface area contributed by atoms with Crippen molar-refractivity contribution in [3.63, 3.8) is 0 Å². The average Bonchev–Trinajstić information content (AvgIpc) is 2.32. The molecule has 1 aromatic rings. The van der Waals surface area contributed by atoms with Gasteiger partial charge in [0.1, 0.15) is 10.7 Å². The van der Waals surface area contributed by atoms with Gasteiger partial charge >= 0.3 is 0 Å². The first kappa shape index (κ1) is 13.3. The molecule has 2 atom stereocenters. The second-order valence-corrected chi connectivity index (χ2v) is 6.96. The Balaban J connectivity index is 2.35. The van der Waals surface area contributed by atoms with Crippen LogP contribution in [0.2, 0.25) is 0 Å². The van der Waals surface area contributed by atoms with Crippen molar-refractivity contribution >= 4 is 15.7 Å². The van der Waals surface area contributed by atoms with Gasteiger partial charge in [-0.05, 0) is 24.5 Å². The number of sulfone groups is 1. The molecule has 2 unspecified atom stereocenters. The Labute approximate surface area is 108 Å². The van der Waals surface area contributed by atoms with Crippen LogP contribution in [-0.2, 0) is 9.84 Å². The van der Waals surface area contributed by atoms with E-state index >= 15 is 0 Å². The van der Waals surface area contributed by atoms with Crippen molar-refractivity contribution in [2.24, 2.45) is 11.7 Å². The van der Waals surface area contributed by atoms with E-state index in [0.717, 1.165) is 19.5 Å². The smallest absolute Gasteiger partial charge is 0.179 e. The summed E-state index contributed by atoms with van der Waals surface area (Å²) in [5.74, 6) is 0.895. The van der Waals surface area contributed by atoms with Gasteiger partial charge in [-0.25, -0.2) is 13.4 Å². The summed E-state index contributed by atoms with van der Waals surface area (Å²) in [5, 5.41) is 0. The number of nitrogens with zero attached hydrogens (tertiary/aromatic N) is 2. The van der Waals surface area contributed by atoms with Gasteiger partial charge in [0.2, 0.25) is 0 Å². The van der Waals surface area contributed by atoms with Crippen LogP contribution < -0.4 is 10.6 Å². The molecule has 1 aliphatic heterocycles. The number of piperidine rings is 1. The molecule has 0 amide bonds. The molecule has 100 valence electrons. The Kier molecular flexibility index (Phi) is 3.59. The van der Waals surface area contributed by atoms with E-state index in [1.807, 2.05) is 4.90 Å². The van der Waals surface area contributed by atoms with E-state index < -0.39 is 9.84 Å². The minimum atomic E-state index is -3.25. The molecule has 1 aliphatic rings. The summed E-state index contributed by atoms with van der Waals surface area (Å²) in [5.41, 5.74) is 5.98. The Morgan fingerprint density at radius 2 is 2.22 bits per heavy atom. The molecular formula is C12H19N3O2S. The Bertz CT molecular complexity index is 530. The van der Waals surface area contributed by atoms with Gasteiger partial charge in [-0.15, -0.1) is 0 Å². The van der Waals surface area contributed by atoms with Crippen molar-refractivity contribution in [1.29, 1.82) is 0 Å². The topological polar surface area (TPSA) is 76.3 Å². The normalized spacial score (nSPS) is 25.2. The fourth-order valence-corrected chi connectivity index (χ4v) is 3.10. The van der Waals surface area contributed by atoms with Gasteiger partial charge in [0, 0.05) is 31.6 Å². The quantitative estimate of drug-likeness (QED) is 0.853. The highest BCUT2D eigenvalue weighted by molar-refractivity contribution is 7.90. The average molecular weight is 269 g/mol. The van der Waals surface area contributed by atoms with Crippen molar-refractivity contribution in [1.82, 2.24) is 4.98 Å². The van der Waals surface area contributed by atoms with Crippen LogP contribution in [0.3, 0.4) is 0 Å². The molecule has 1 fully saturated rings. The van der Waals surface area contributed by atoms with Gasteiger partial charge in [-0.2, -0.15) is 0 Å². The summed E-state index contributed by atoms with van der Waals surface area (Å²) in [4.78, 5) is 6.55. The zero-order chi connectivity index (χ0) is 13.3. The lowest BCUT2D eigenvalue weighted by atomic mass is 9.95. The van der Waals surface area contributed by atoms with Crippen LogP contribution in [0.25, 0.3) is 0 Å². The number of nitrogens with two attached hydrogens (primary N) is 1. The molecule has 2 N–H and O–H groups in total. The third-order valence-corrected chi connectivity index (χ3v) is 4.54. The highest BCUT2D eigenvalue weighted by atomic mass is 32.2. The summed E-state index contributed by atoms with van der Waals surface area (Å²) >= 11 is 0. The zero-order valence-corrected chi connectivity index (χ0v) is 11.5. The lowest BCUT2D eigenvalue weighted by Crippen LogP contribution is -2.46. The van der Waals surface area contributed by atoms with E-state index in [2.05, 4.69) is 11.9 Å². The van der Waals surface area contributed by atoms with E-state index in [1.54, 1.807) is 18.3 Å². The summed E-state index contributed by atoms with van der Waals surface area (Å²) in [6.45, 7) is 3.59. The maximum Gasteiger partial charge on any atom is 0.179 e. The SMILES string of the molecule is CC1CN(c2ncccc2S(C)(=O)=O)CCC1N. The number of hydrogen-bond donors (Lipinski definition) is 1. The Morgan fingerprint density at radius 3 is 2.83 bits per heavy atom. The van der Waals surface area contributed by atoms with Gasteiger partial charge < -0.3 is 10.6 Å². The highest BCUT2D eigenvalue weighted by Crippen LogP contribution is 2.26. The fraction of sp³-hybridized carbons (Fsp3) is 0.583. The first-order valence-electron chi connectivity index (χ1n) is 6.05. The van der Waals surface area contributed by atoms with Crippen LogP contribution in [0, 0.1) is 5.92 Å². The van der Waals surface area contributed by atoms with E-state index in [9.17, 15) is 8.42 Å². The van der Waals surface area contributed by atoms with Crippen molar-refractivity contribution in [3.8, 4) is 0 Å². The van der Waals surface area contributed by atoms with Crippen molar-refractivity contribution < 1.29 is 8.42 Å². The van der Waals surface area contributed by atoms with Gasteiger partial charge in [0.25, 0.3) is 0 Å². The van der Waals surface area contributed by atoms with Gasteiger partial charge in [0.05, 0.1) is 0 Å². The lowest BCUT2D eigenvalue weighted by molar-refractivity contribution is 0.380. The molecule has 2 heterocycles. The van der Waals surface area contributed by atoms with E-state index in [4.69, 9.17) is 5.73 Å². The van der Waals surface area contributed by atoms with Crippen LogP contribution >= 0.6 is 0 Å². The number of aromatic nitrogens is 1. The van der Waals surface area contributed by atoms with Crippen LogP contribution in [0.5, 0.6) is 0 Å². The molecule has 0 saturated carbocycles. The van der Waals surface area contributed by atoms with Gasteiger partial charge in [0.15, 0.2) is 9.84 Å². The second-order valence-electron chi connectivity index (χ2n) is 4.97. The molecule has 0 aromatic carbocycles. The maximum atomic E-state index is 11.8. The zero-order valence-electron chi connectivity index (χ0n) is 10.7. The largest absolute Gasteiger partial charge is 0.355 e. The van der Waals surface area contributed by atoms with Crippen LogP contribution in [0.4, 0.5) is 5.82 Å². The summed E-state index contributed by atoms with van der Waals surface area (Å²) in [7, 11) is -3.25. The Morgan fingerprint density at radius 1 is 1.50 bits per heavy atom. The monoisotopic (exact) mass is 269 g/mol. The fourth-order valence-electron chi connectivity index (χ4n) is 2.27. The summed E-state index contributed by atoms with van der Waals surface area (Å²) in [6.07, 6.45) is 3.71. The minimum absolute atomic E-state index is 0.187. The van der Waals surface area contributed by atoms with E-state index in [0.29, 0.717) is 16.6 Å². The molecular weight excluding hydrogens is 250 g/mol. The third-order valence-electron chi connectivity index (χ3n) is 3.42. The van der Waals surface area contributed by atoms with Crippen molar-refractivity contribution in [3.05, 3.63) is 18.3 Å². The summed E-state index contributed by atoms with van der Waals surface area (Å²) in [6, 6.07) is 3.45. The molecule has 6 heteroatoms. The molecule has 5 nitrogen and oxygen atoms in total.